The molecule has 0 spiro atoms. The van der Waals surface area contributed by atoms with Crippen LogP contribution in [0.3, 0.4) is 0 Å². The molecule has 0 amide bonds. The van der Waals surface area contributed by atoms with Crippen molar-refractivity contribution in [3.8, 4) is 44.5 Å². The number of rotatable bonds is 15. The van der Waals surface area contributed by atoms with E-state index in [1.165, 1.54) is 85.3 Å². The van der Waals surface area contributed by atoms with Crippen molar-refractivity contribution in [2.75, 3.05) is 37.3 Å². The van der Waals surface area contributed by atoms with Gasteiger partial charge in [0.2, 0.25) is 0 Å². The lowest BCUT2D eigenvalue weighted by molar-refractivity contribution is 1.46. The Morgan fingerprint density at radius 1 is 0.233 bits per heavy atom. The molecule has 0 nitrogen and oxygen atoms in total. The summed E-state index contributed by atoms with van der Waals surface area (Å²) < 4.78 is 0. The van der Waals surface area contributed by atoms with Crippen molar-refractivity contribution < 1.29 is 0 Å². The first-order chi connectivity index (χ1) is 29.5. The van der Waals surface area contributed by atoms with Gasteiger partial charge in [0.25, 0.3) is 0 Å². The SMILES string of the molecule is CSc1ccc(-c2ccc(P(CCP(c3ccc(-c4ccc(SC)cc4)cc3)c3ccc(-c4ccc(SC)cc4)cc3)c3ccc(-c4ccc(SC)cc4)cc3)cc2)cc1. The molecule has 0 atom stereocenters. The summed E-state index contributed by atoms with van der Waals surface area (Å²) in [6.45, 7) is 0. The minimum Gasteiger partial charge on any atom is -0.130 e. The van der Waals surface area contributed by atoms with Crippen molar-refractivity contribution in [3.05, 3.63) is 194 Å². The van der Waals surface area contributed by atoms with Gasteiger partial charge in [-0.15, -0.1) is 47.0 Å². The van der Waals surface area contributed by atoms with Crippen LogP contribution in [0.25, 0.3) is 44.5 Å². The number of thioether (sulfide) groups is 4. The van der Waals surface area contributed by atoms with E-state index in [-0.39, 0.29) is 0 Å². The molecule has 60 heavy (non-hydrogen) atoms. The maximum atomic E-state index is 2.40. The molecule has 0 saturated heterocycles. The Hall–Kier alpha value is -3.98. The topological polar surface area (TPSA) is 0 Å². The molecule has 0 unspecified atom stereocenters. The highest BCUT2D eigenvalue weighted by Crippen LogP contribution is 2.43. The Morgan fingerprint density at radius 3 is 0.533 bits per heavy atom. The summed E-state index contributed by atoms with van der Waals surface area (Å²) in [5.41, 5.74) is 10.1. The fourth-order valence-corrected chi connectivity index (χ4v) is 14.4. The van der Waals surface area contributed by atoms with E-state index < -0.39 is 15.8 Å². The van der Waals surface area contributed by atoms with E-state index in [1.54, 1.807) is 47.0 Å². The molecule has 0 heterocycles. The van der Waals surface area contributed by atoms with Crippen LogP contribution in [0.4, 0.5) is 0 Å². The number of benzene rings is 8. The molecule has 0 bridgehead atoms. The molecule has 0 aliphatic rings. The first-order valence-corrected chi connectivity index (χ1v) is 28.0. The van der Waals surface area contributed by atoms with Gasteiger partial charge >= 0.3 is 0 Å². The second-order valence-corrected chi connectivity index (χ2v) is 22.6. The molecule has 0 saturated carbocycles. The first kappa shape index (κ1) is 42.7. The van der Waals surface area contributed by atoms with Crippen LogP contribution >= 0.6 is 62.9 Å². The molecular formula is C54H48P2S4. The monoisotopic (exact) mass is 886 g/mol. The lowest BCUT2D eigenvalue weighted by atomic mass is 10.1. The second-order valence-electron chi connectivity index (χ2n) is 14.4. The molecule has 8 aromatic rings. The average molecular weight is 887 g/mol. The smallest absolute Gasteiger partial charge is 0.00695 e. The molecule has 0 aromatic heterocycles. The summed E-state index contributed by atoms with van der Waals surface area (Å²) in [7, 11) is -1.26. The second kappa shape index (κ2) is 20.7. The normalized spacial score (nSPS) is 11.4. The van der Waals surface area contributed by atoms with E-state index in [2.05, 4.69) is 219 Å². The summed E-state index contributed by atoms with van der Waals surface area (Å²) in [6.07, 6.45) is 10.7. The molecule has 0 aliphatic heterocycles. The molecular weight excluding hydrogens is 839 g/mol. The van der Waals surface area contributed by atoms with Gasteiger partial charge in [-0.3, -0.25) is 0 Å². The Bertz CT molecular complexity index is 2200. The zero-order chi connectivity index (χ0) is 41.3. The van der Waals surface area contributed by atoms with Crippen LogP contribution in [0.5, 0.6) is 0 Å². The highest BCUT2D eigenvalue weighted by atomic mass is 32.2. The summed E-state index contributed by atoms with van der Waals surface area (Å²) in [6, 6.07) is 73.6. The van der Waals surface area contributed by atoms with Gasteiger partial charge in [0, 0.05) is 19.6 Å². The zero-order valence-corrected chi connectivity index (χ0v) is 39.5. The maximum Gasteiger partial charge on any atom is 0.00695 e. The molecule has 8 aromatic carbocycles. The third-order valence-electron chi connectivity index (χ3n) is 11.0. The molecule has 0 aliphatic carbocycles. The predicted molar refractivity (Wildman–Crippen MR) is 277 cm³/mol. The van der Waals surface area contributed by atoms with Gasteiger partial charge in [-0.1, -0.05) is 146 Å². The molecule has 0 radical (unpaired) electrons. The molecule has 8 rings (SSSR count). The Morgan fingerprint density at radius 2 is 0.383 bits per heavy atom. The van der Waals surface area contributed by atoms with Crippen molar-refractivity contribution in [2.24, 2.45) is 0 Å². The summed E-state index contributed by atoms with van der Waals surface area (Å²) in [4.78, 5) is 5.16. The molecule has 0 fully saturated rings. The standard InChI is InChI=1S/C54H48P2S4/c1-57-51-29-13-43(14-30-51)39-5-21-47(22-6-39)55(48-23-7-40(8-24-48)44-15-31-52(58-2)32-16-44)37-38-56(49-25-9-41(10-26-49)45-17-33-53(59-3)34-18-45)50-27-11-42(12-28-50)46-19-35-54(60-4)36-20-46/h5-36H,37-38H2,1-4H3. The lowest BCUT2D eigenvalue weighted by Gasteiger charge is -2.25. The average Bonchev–Trinajstić information content (AvgIpc) is 3.33. The van der Waals surface area contributed by atoms with Gasteiger partial charge in [0.05, 0.1) is 0 Å². The van der Waals surface area contributed by atoms with Crippen LogP contribution in [0.15, 0.2) is 214 Å². The molecule has 298 valence electrons. The van der Waals surface area contributed by atoms with Crippen LogP contribution in [-0.2, 0) is 0 Å². The van der Waals surface area contributed by atoms with Crippen molar-refractivity contribution >= 4 is 84.1 Å². The third-order valence-corrected chi connectivity index (χ3v) is 19.3. The molecule has 6 heteroatoms. The largest absolute Gasteiger partial charge is 0.130 e. The predicted octanol–water partition coefficient (Wildman–Crippen LogP) is 14.8. The van der Waals surface area contributed by atoms with Gasteiger partial charge in [-0.2, -0.15) is 0 Å². The first-order valence-electron chi connectivity index (χ1n) is 20.0. The van der Waals surface area contributed by atoms with Gasteiger partial charge in [-0.25, -0.2) is 0 Å². The van der Waals surface area contributed by atoms with E-state index in [9.17, 15) is 0 Å². The fourth-order valence-electron chi connectivity index (χ4n) is 7.48. The van der Waals surface area contributed by atoms with Gasteiger partial charge in [0.1, 0.15) is 0 Å². The van der Waals surface area contributed by atoms with E-state index in [0.717, 1.165) is 12.3 Å². The van der Waals surface area contributed by atoms with Crippen LogP contribution < -0.4 is 21.2 Å². The van der Waals surface area contributed by atoms with Gasteiger partial charge < -0.3 is 0 Å². The Kier molecular flexibility index (Phi) is 14.7. The van der Waals surface area contributed by atoms with Crippen molar-refractivity contribution in [3.63, 3.8) is 0 Å². The summed E-state index contributed by atoms with van der Waals surface area (Å²) in [5.74, 6) is 0. The third kappa shape index (κ3) is 10.4. The fraction of sp³-hybridized carbons (Fsp3) is 0.111. The minimum absolute atomic E-state index is 0.631. The zero-order valence-electron chi connectivity index (χ0n) is 34.4. The van der Waals surface area contributed by atoms with E-state index in [1.807, 2.05) is 0 Å². The Labute approximate surface area is 377 Å². The summed E-state index contributed by atoms with van der Waals surface area (Å²) >= 11 is 7.14. The quantitative estimate of drug-likeness (QED) is 0.0743. The summed E-state index contributed by atoms with van der Waals surface area (Å²) in [5, 5.41) is 5.70. The van der Waals surface area contributed by atoms with Gasteiger partial charge in [-0.05, 0) is 167 Å². The van der Waals surface area contributed by atoms with E-state index in [0.29, 0.717) is 0 Å². The molecule has 0 N–H and O–H groups in total. The van der Waals surface area contributed by atoms with Gasteiger partial charge in [0.15, 0.2) is 0 Å². The van der Waals surface area contributed by atoms with Crippen LogP contribution in [-0.4, -0.2) is 37.3 Å². The Balaban J connectivity index is 1.13. The lowest BCUT2D eigenvalue weighted by Crippen LogP contribution is -2.20. The van der Waals surface area contributed by atoms with Crippen molar-refractivity contribution in [2.45, 2.75) is 19.6 Å². The van der Waals surface area contributed by atoms with E-state index in [4.69, 9.17) is 0 Å². The number of hydrogen-bond donors (Lipinski definition) is 0. The van der Waals surface area contributed by atoms with Crippen molar-refractivity contribution in [1.29, 1.82) is 0 Å². The van der Waals surface area contributed by atoms with Crippen LogP contribution in [0.1, 0.15) is 0 Å². The highest BCUT2D eigenvalue weighted by molar-refractivity contribution is 7.99. The van der Waals surface area contributed by atoms with Crippen LogP contribution in [0, 0.1) is 0 Å². The van der Waals surface area contributed by atoms with E-state index >= 15 is 0 Å². The van der Waals surface area contributed by atoms with Crippen molar-refractivity contribution in [1.82, 2.24) is 0 Å². The van der Waals surface area contributed by atoms with Crippen LogP contribution in [0.2, 0.25) is 0 Å². The minimum atomic E-state index is -0.631. The maximum absolute atomic E-state index is 2.40. The highest BCUT2D eigenvalue weighted by Gasteiger charge is 2.21. The number of hydrogen-bond acceptors (Lipinski definition) is 4.